The van der Waals surface area contributed by atoms with Crippen molar-refractivity contribution in [3.05, 3.63) is 149 Å². The Bertz CT molecular complexity index is 1700. The number of benzene rings is 4. The third-order valence-electron chi connectivity index (χ3n) is 8.77. The van der Waals surface area contributed by atoms with Gasteiger partial charge in [-0.3, -0.25) is 14.7 Å². The largest absolute Gasteiger partial charge is 0.333 e. The Labute approximate surface area is 240 Å². The van der Waals surface area contributed by atoms with Crippen LogP contribution in [0.2, 0.25) is 0 Å². The van der Waals surface area contributed by atoms with E-state index in [-0.39, 0.29) is 36.9 Å². The zero-order valence-corrected chi connectivity index (χ0v) is 22.9. The number of hydrogen-bond acceptors (Lipinski definition) is 3. The summed E-state index contributed by atoms with van der Waals surface area (Å²) >= 11 is 0. The van der Waals surface area contributed by atoms with Crippen molar-refractivity contribution in [3.63, 3.8) is 0 Å². The van der Waals surface area contributed by atoms with Crippen molar-refractivity contribution < 1.29 is 9.18 Å². The second kappa shape index (κ2) is 10.9. The minimum Gasteiger partial charge on any atom is -0.333 e. The smallest absolute Gasteiger partial charge is 0.237 e. The predicted molar refractivity (Wildman–Crippen MR) is 160 cm³/mol. The lowest BCUT2D eigenvalue weighted by Gasteiger charge is -2.39. The molecule has 0 radical (unpaired) electrons. The number of para-hydroxylation sites is 1. The quantitative estimate of drug-likeness (QED) is 0.246. The van der Waals surface area contributed by atoms with Gasteiger partial charge in [-0.25, -0.2) is 4.39 Å². The molecular formula is C36H32FN3O. The van der Waals surface area contributed by atoms with E-state index < -0.39 is 0 Å². The fourth-order valence-corrected chi connectivity index (χ4v) is 6.75. The number of pyridine rings is 1. The lowest BCUT2D eigenvalue weighted by atomic mass is 9.87. The van der Waals surface area contributed by atoms with E-state index in [1.54, 1.807) is 12.1 Å². The fourth-order valence-electron chi connectivity index (χ4n) is 6.75. The second-order valence-corrected chi connectivity index (χ2v) is 11.2. The lowest BCUT2D eigenvalue weighted by Crippen LogP contribution is -2.48. The number of halogens is 1. The lowest BCUT2D eigenvalue weighted by molar-refractivity contribution is -0.135. The molecule has 1 aliphatic heterocycles. The number of carbonyl (C=O) groups excluding carboxylic acids is 1. The van der Waals surface area contributed by atoms with E-state index in [0.29, 0.717) is 5.56 Å². The molecule has 0 fully saturated rings. The summed E-state index contributed by atoms with van der Waals surface area (Å²) in [5.41, 5.74) is 7.70. The fraction of sp³-hybridized carbons (Fsp3) is 0.222. The molecular weight excluding hydrogens is 509 g/mol. The maximum Gasteiger partial charge on any atom is 0.237 e. The zero-order valence-electron chi connectivity index (χ0n) is 22.9. The van der Waals surface area contributed by atoms with Gasteiger partial charge in [0.25, 0.3) is 0 Å². The molecule has 1 aromatic heterocycles. The van der Waals surface area contributed by atoms with Crippen LogP contribution < -0.4 is 0 Å². The van der Waals surface area contributed by atoms with Crippen LogP contribution in [0.5, 0.6) is 0 Å². The molecule has 1 amide bonds. The minimum atomic E-state index is -0.271. The summed E-state index contributed by atoms with van der Waals surface area (Å²) in [6.07, 6.45) is 4.29. The first-order chi connectivity index (χ1) is 20.2. The molecule has 0 N–H and O–H groups in total. The van der Waals surface area contributed by atoms with Crippen LogP contribution in [0.3, 0.4) is 0 Å². The molecule has 41 heavy (non-hydrogen) atoms. The molecule has 0 bridgehead atoms. The minimum absolute atomic E-state index is 0.00532. The topological polar surface area (TPSA) is 36.4 Å². The van der Waals surface area contributed by atoms with Gasteiger partial charge in [-0.05, 0) is 53.6 Å². The van der Waals surface area contributed by atoms with E-state index in [1.165, 1.54) is 28.3 Å². The Morgan fingerprint density at radius 2 is 1.49 bits per heavy atom. The van der Waals surface area contributed by atoms with Crippen LogP contribution in [0, 0.1) is 5.82 Å². The maximum absolute atomic E-state index is 14.9. The van der Waals surface area contributed by atoms with Crippen LogP contribution in [0.15, 0.2) is 109 Å². The van der Waals surface area contributed by atoms with Crippen LogP contribution in [0.1, 0.15) is 39.4 Å². The summed E-state index contributed by atoms with van der Waals surface area (Å²) < 4.78 is 14.9. The Hall–Kier alpha value is -4.35. The van der Waals surface area contributed by atoms with Crippen LogP contribution >= 0.6 is 0 Å². The summed E-state index contributed by atoms with van der Waals surface area (Å²) in [5, 5.41) is 1.09. The first-order valence-electron chi connectivity index (χ1n) is 14.4. The SMILES string of the molecule is O=C(CN1CCc2ccccc2C1c1cccc2cccnc12)N(Cc1ccccc1F)C1Cc2ccccc2C1. The summed E-state index contributed by atoms with van der Waals surface area (Å²) in [4.78, 5) is 23.4. The molecule has 4 aromatic carbocycles. The van der Waals surface area contributed by atoms with Gasteiger partial charge in [0.05, 0.1) is 18.1 Å². The number of aromatic nitrogens is 1. The number of hydrogen-bond donors (Lipinski definition) is 0. The van der Waals surface area contributed by atoms with Gasteiger partial charge in [-0.2, -0.15) is 0 Å². The molecule has 1 atom stereocenters. The van der Waals surface area contributed by atoms with Gasteiger partial charge in [0, 0.05) is 41.8 Å². The highest BCUT2D eigenvalue weighted by atomic mass is 19.1. The standard InChI is InChI=1S/C36H32FN3O/c37-33-17-6-4-12-29(33)23-40(30-21-27-10-1-2-11-28(27)22-30)34(41)24-39-20-18-25-9-3-5-15-31(25)36(39)32-16-7-13-26-14-8-19-38-35(26)32/h1-17,19,30,36H,18,20-24H2. The third-order valence-corrected chi connectivity index (χ3v) is 8.77. The number of nitrogens with zero attached hydrogens (tertiary/aromatic N) is 3. The molecule has 5 heteroatoms. The molecule has 0 saturated carbocycles. The Kier molecular flexibility index (Phi) is 6.81. The molecule has 2 aliphatic rings. The number of carbonyl (C=O) groups is 1. The average Bonchev–Trinajstić information content (AvgIpc) is 3.44. The molecule has 5 aromatic rings. The van der Waals surface area contributed by atoms with Gasteiger partial charge >= 0.3 is 0 Å². The van der Waals surface area contributed by atoms with Crippen LogP contribution in [-0.4, -0.2) is 39.8 Å². The van der Waals surface area contributed by atoms with Crippen LogP contribution in [-0.2, 0) is 30.6 Å². The van der Waals surface area contributed by atoms with Crippen molar-refractivity contribution in [1.82, 2.24) is 14.8 Å². The van der Waals surface area contributed by atoms with Crippen molar-refractivity contribution in [2.24, 2.45) is 0 Å². The second-order valence-electron chi connectivity index (χ2n) is 11.2. The van der Waals surface area contributed by atoms with E-state index in [0.717, 1.165) is 42.3 Å². The number of amides is 1. The molecule has 4 nitrogen and oxygen atoms in total. The summed E-state index contributed by atoms with van der Waals surface area (Å²) in [7, 11) is 0. The molecule has 0 saturated heterocycles. The molecule has 7 rings (SSSR count). The normalized spacial score (nSPS) is 16.9. The van der Waals surface area contributed by atoms with E-state index in [4.69, 9.17) is 4.98 Å². The van der Waals surface area contributed by atoms with Crippen molar-refractivity contribution in [1.29, 1.82) is 0 Å². The number of fused-ring (bicyclic) bond motifs is 3. The monoisotopic (exact) mass is 541 g/mol. The van der Waals surface area contributed by atoms with Gasteiger partial charge in [-0.1, -0.05) is 91.0 Å². The van der Waals surface area contributed by atoms with E-state index in [2.05, 4.69) is 77.7 Å². The first kappa shape index (κ1) is 25.6. The van der Waals surface area contributed by atoms with Gasteiger partial charge in [0.15, 0.2) is 0 Å². The summed E-state index contributed by atoms with van der Waals surface area (Å²) in [5.74, 6) is -0.240. The van der Waals surface area contributed by atoms with Gasteiger partial charge < -0.3 is 4.90 Å². The van der Waals surface area contributed by atoms with E-state index >= 15 is 0 Å². The Morgan fingerprint density at radius 3 is 2.29 bits per heavy atom. The summed E-state index contributed by atoms with van der Waals surface area (Å²) in [6, 6.07) is 34.0. The molecule has 1 aliphatic carbocycles. The Balaban J connectivity index is 1.25. The summed E-state index contributed by atoms with van der Waals surface area (Å²) in [6.45, 7) is 1.27. The highest BCUT2D eigenvalue weighted by Gasteiger charge is 2.35. The third kappa shape index (κ3) is 4.91. The Morgan fingerprint density at radius 1 is 0.805 bits per heavy atom. The molecule has 0 spiro atoms. The first-order valence-corrected chi connectivity index (χ1v) is 14.4. The van der Waals surface area contributed by atoms with Crippen molar-refractivity contribution in [2.75, 3.05) is 13.1 Å². The van der Waals surface area contributed by atoms with E-state index in [1.807, 2.05) is 23.2 Å². The molecule has 1 unspecified atom stereocenters. The maximum atomic E-state index is 14.9. The predicted octanol–water partition coefficient (Wildman–Crippen LogP) is 6.52. The van der Waals surface area contributed by atoms with Gasteiger partial charge in [-0.15, -0.1) is 0 Å². The average molecular weight is 542 g/mol. The van der Waals surface area contributed by atoms with Crippen molar-refractivity contribution in [2.45, 2.75) is 37.9 Å². The van der Waals surface area contributed by atoms with Crippen LogP contribution in [0.25, 0.3) is 10.9 Å². The number of rotatable bonds is 6. The van der Waals surface area contributed by atoms with Crippen LogP contribution in [0.4, 0.5) is 4.39 Å². The highest BCUT2D eigenvalue weighted by molar-refractivity contribution is 5.83. The molecule has 204 valence electrons. The molecule has 2 heterocycles. The zero-order chi connectivity index (χ0) is 27.8. The van der Waals surface area contributed by atoms with Crippen molar-refractivity contribution >= 4 is 16.8 Å². The van der Waals surface area contributed by atoms with E-state index in [9.17, 15) is 9.18 Å². The van der Waals surface area contributed by atoms with Crippen molar-refractivity contribution in [3.8, 4) is 0 Å². The van der Waals surface area contributed by atoms with Gasteiger partial charge in [0.2, 0.25) is 5.91 Å². The van der Waals surface area contributed by atoms with Gasteiger partial charge in [0.1, 0.15) is 5.82 Å². The highest BCUT2D eigenvalue weighted by Crippen LogP contribution is 2.38.